The van der Waals surface area contributed by atoms with E-state index in [1.165, 1.54) is 16.6 Å². The van der Waals surface area contributed by atoms with Crippen molar-refractivity contribution in [1.29, 1.82) is 0 Å². The molecule has 2 aromatic heterocycles. The third kappa shape index (κ3) is 7.23. The molecule has 0 unspecified atom stereocenters. The number of hydrogen-bond donors (Lipinski definition) is 1. The molecule has 0 spiro atoms. The van der Waals surface area contributed by atoms with Crippen molar-refractivity contribution in [3.05, 3.63) is 77.2 Å². The average molecular weight is 667 g/mol. The Morgan fingerprint density at radius 1 is 1.16 bits per heavy atom. The lowest BCUT2D eigenvalue weighted by atomic mass is 10.2. The van der Waals surface area contributed by atoms with Gasteiger partial charge in [-0.25, -0.2) is 9.67 Å². The van der Waals surface area contributed by atoms with Crippen molar-refractivity contribution in [2.45, 2.75) is 63.0 Å². The lowest BCUT2D eigenvalue weighted by molar-refractivity contribution is -0.0623. The lowest BCUT2D eigenvalue weighted by Crippen LogP contribution is -2.67. The zero-order valence-corrected chi connectivity index (χ0v) is 29.5. The van der Waals surface area contributed by atoms with E-state index in [1.54, 1.807) is 37.5 Å². The summed E-state index contributed by atoms with van der Waals surface area (Å²) in [5, 5.41) is 7.15. The summed E-state index contributed by atoms with van der Waals surface area (Å²) in [6, 6.07) is 21.1. The summed E-state index contributed by atoms with van der Waals surface area (Å²) in [4.78, 5) is 26.3. The first-order valence-corrected chi connectivity index (χ1v) is 19.5. The first-order chi connectivity index (χ1) is 21.5. The third-order valence-electron chi connectivity index (χ3n) is 7.79. The smallest absolute Gasteiger partial charge is 0.263 e. The van der Waals surface area contributed by atoms with Crippen LogP contribution >= 0.6 is 21.6 Å². The van der Waals surface area contributed by atoms with E-state index in [0.29, 0.717) is 24.1 Å². The molecule has 1 aliphatic rings. The Morgan fingerprint density at radius 3 is 2.38 bits per heavy atom. The van der Waals surface area contributed by atoms with Crippen molar-refractivity contribution in [3.63, 3.8) is 0 Å². The molecule has 1 saturated heterocycles. The fourth-order valence-electron chi connectivity index (χ4n) is 5.88. The Kier molecular flexibility index (Phi) is 10.6. The normalized spacial score (nSPS) is 19.8. The SMILES string of the molecule is CSS[C@H](C)O[C@@H]1C[C@H](n2ncc3c(=O)[nH]c(/N=C\N(C)C)nc32)O[C@@H]1CO[Si](c1ccccc1)(c1ccccc1)C(C)(C)C. The Hall–Kier alpha value is -2.94. The molecule has 3 heterocycles. The molecule has 1 aliphatic heterocycles. The summed E-state index contributed by atoms with van der Waals surface area (Å²) in [5.74, 6) is 0.199. The van der Waals surface area contributed by atoms with E-state index in [1.807, 2.05) is 39.4 Å². The molecule has 45 heavy (non-hydrogen) atoms. The monoisotopic (exact) mass is 666 g/mol. The predicted octanol–water partition coefficient (Wildman–Crippen LogP) is 4.95. The fourth-order valence-corrected chi connectivity index (χ4v) is 11.9. The van der Waals surface area contributed by atoms with Gasteiger partial charge in [0.25, 0.3) is 13.9 Å². The number of nitrogens with one attached hydrogen (secondary N) is 1. The van der Waals surface area contributed by atoms with Gasteiger partial charge in [0.1, 0.15) is 16.9 Å². The van der Waals surface area contributed by atoms with Gasteiger partial charge in [-0.3, -0.25) is 9.78 Å². The molecule has 0 bridgehead atoms. The van der Waals surface area contributed by atoms with Crippen LogP contribution in [0.4, 0.5) is 5.95 Å². The Labute approximate surface area is 273 Å². The molecule has 4 aromatic rings. The molecular weight excluding hydrogens is 625 g/mol. The van der Waals surface area contributed by atoms with Crippen molar-refractivity contribution in [2.75, 3.05) is 27.0 Å². The van der Waals surface area contributed by atoms with Crippen LogP contribution in [0, 0.1) is 0 Å². The number of aliphatic imine (C=N–C) groups is 1. The van der Waals surface area contributed by atoms with Gasteiger partial charge in [-0.15, -0.1) is 0 Å². The molecule has 0 aliphatic carbocycles. The molecule has 5 rings (SSSR count). The van der Waals surface area contributed by atoms with E-state index in [9.17, 15) is 4.79 Å². The third-order valence-corrected chi connectivity index (χ3v) is 14.8. The number of aromatic nitrogens is 4. The van der Waals surface area contributed by atoms with Crippen LogP contribution in [0.2, 0.25) is 5.04 Å². The number of benzene rings is 2. The Morgan fingerprint density at radius 2 is 1.80 bits per heavy atom. The summed E-state index contributed by atoms with van der Waals surface area (Å²) >= 11 is 0. The zero-order chi connectivity index (χ0) is 32.2. The Bertz CT molecular complexity index is 1600. The van der Waals surface area contributed by atoms with Gasteiger partial charge >= 0.3 is 0 Å². The highest BCUT2D eigenvalue weighted by Crippen LogP contribution is 2.39. The van der Waals surface area contributed by atoms with Crippen LogP contribution in [0.1, 0.15) is 40.3 Å². The van der Waals surface area contributed by atoms with Gasteiger partial charge < -0.3 is 18.8 Å². The predicted molar refractivity (Wildman–Crippen MR) is 188 cm³/mol. The Balaban J connectivity index is 1.50. The molecule has 13 heteroatoms. The number of ether oxygens (including phenoxy) is 2. The second kappa shape index (κ2) is 14.2. The van der Waals surface area contributed by atoms with Gasteiger partial charge in [0.15, 0.2) is 11.9 Å². The van der Waals surface area contributed by atoms with E-state index < -0.39 is 14.5 Å². The molecule has 240 valence electrons. The van der Waals surface area contributed by atoms with Crippen molar-refractivity contribution in [3.8, 4) is 0 Å². The van der Waals surface area contributed by atoms with Crippen LogP contribution in [-0.2, 0) is 13.9 Å². The van der Waals surface area contributed by atoms with Crippen LogP contribution < -0.4 is 15.9 Å². The molecular formula is C32H42N6O4S2Si. The molecule has 0 saturated carbocycles. The number of H-pyrrole nitrogens is 1. The molecule has 10 nitrogen and oxygen atoms in total. The molecule has 0 amide bonds. The summed E-state index contributed by atoms with van der Waals surface area (Å²) in [6.07, 6.45) is 4.52. The first-order valence-electron chi connectivity index (χ1n) is 15.0. The topological polar surface area (TPSA) is 107 Å². The largest absolute Gasteiger partial charge is 0.405 e. The van der Waals surface area contributed by atoms with Gasteiger partial charge in [0.05, 0.1) is 25.2 Å². The molecule has 4 atom stereocenters. The highest BCUT2D eigenvalue weighted by Gasteiger charge is 2.51. The van der Waals surface area contributed by atoms with Gasteiger partial charge in [-0.1, -0.05) is 103 Å². The van der Waals surface area contributed by atoms with Crippen molar-refractivity contribution < 1.29 is 13.9 Å². The molecule has 2 aromatic carbocycles. The molecule has 1 N–H and O–H groups in total. The van der Waals surface area contributed by atoms with Crippen LogP contribution in [0.25, 0.3) is 11.0 Å². The molecule has 0 radical (unpaired) electrons. The second-order valence-electron chi connectivity index (χ2n) is 12.3. The number of fused-ring (bicyclic) bond motifs is 1. The summed E-state index contributed by atoms with van der Waals surface area (Å²) < 4.78 is 22.2. The zero-order valence-electron chi connectivity index (χ0n) is 26.8. The number of aromatic amines is 1. The van der Waals surface area contributed by atoms with Crippen molar-refractivity contribution >= 4 is 63.6 Å². The highest BCUT2D eigenvalue weighted by atomic mass is 33.1. The maximum atomic E-state index is 12.9. The minimum absolute atomic E-state index is 0.0648. The lowest BCUT2D eigenvalue weighted by Gasteiger charge is -2.43. The summed E-state index contributed by atoms with van der Waals surface area (Å²) in [7, 11) is 4.21. The van der Waals surface area contributed by atoms with Crippen LogP contribution in [0.3, 0.4) is 0 Å². The van der Waals surface area contributed by atoms with E-state index >= 15 is 0 Å². The van der Waals surface area contributed by atoms with Crippen LogP contribution in [0.5, 0.6) is 0 Å². The van der Waals surface area contributed by atoms with Crippen molar-refractivity contribution in [2.24, 2.45) is 4.99 Å². The van der Waals surface area contributed by atoms with E-state index in [2.05, 4.69) is 89.4 Å². The summed E-state index contributed by atoms with van der Waals surface area (Å²) in [6.45, 7) is 9.17. The minimum Gasteiger partial charge on any atom is -0.405 e. The van der Waals surface area contributed by atoms with Crippen molar-refractivity contribution in [1.82, 2.24) is 24.6 Å². The van der Waals surface area contributed by atoms with E-state index in [0.717, 1.165) is 0 Å². The number of rotatable bonds is 12. The fraction of sp³-hybridized carbons (Fsp3) is 0.438. The second-order valence-corrected chi connectivity index (χ2v) is 19.3. The first kappa shape index (κ1) is 33.4. The van der Waals surface area contributed by atoms with Crippen LogP contribution in [-0.4, -0.2) is 83.9 Å². The number of nitrogens with zero attached hydrogens (tertiary/aromatic N) is 5. The highest BCUT2D eigenvalue weighted by molar-refractivity contribution is 8.76. The number of hydrogen-bond acceptors (Lipinski definition) is 9. The average Bonchev–Trinajstić information content (AvgIpc) is 3.61. The summed E-state index contributed by atoms with van der Waals surface area (Å²) in [5.41, 5.74) is 0.0398. The van der Waals surface area contributed by atoms with Gasteiger partial charge in [-0.2, -0.15) is 10.1 Å². The molecule has 1 fully saturated rings. The van der Waals surface area contributed by atoms with E-state index in [4.69, 9.17) is 13.9 Å². The maximum absolute atomic E-state index is 12.9. The minimum atomic E-state index is -2.81. The maximum Gasteiger partial charge on any atom is 0.263 e. The standard InChI is InChI=1S/C32H42N6O4S2Si/c1-22(44-43-7)41-26-18-28(38-29-25(19-34-38)30(39)36-31(35-29)33-21-37(5)6)42-27(26)20-40-45(32(2,3)4,23-14-10-8-11-15-23)24-16-12-9-13-17-24/h8-17,19,21-22,26-28H,18,20H2,1-7H3,(H,35,36,39)/b33-21-/t22-,26-,27-,28-/m1/s1. The van der Waals surface area contributed by atoms with Gasteiger partial charge in [0, 0.05) is 20.5 Å². The van der Waals surface area contributed by atoms with Gasteiger partial charge in [-0.05, 0) is 28.6 Å². The van der Waals surface area contributed by atoms with Crippen LogP contribution in [0.15, 0.2) is 76.6 Å². The van der Waals surface area contributed by atoms with Gasteiger partial charge in [0.2, 0.25) is 5.95 Å². The quantitative estimate of drug-likeness (QED) is 0.0740. The van der Waals surface area contributed by atoms with E-state index in [-0.39, 0.29) is 34.2 Å².